The van der Waals surface area contributed by atoms with Crippen LogP contribution < -0.4 is 0 Å². The molecule has 0 aliphatic carbocycles. The second-order valence-corrected chi connectivity index (χ2v) is 6.91. The normalized spacial score (nSPS) is 11.1. The Bertz CT molecular complexity index is 1040. The van der Waals surface area contributed by atoms with Crippen molar-refractivity contribution in [3.8, 4) is 5.82 Å². The second-order valence-electron chi connectivity index (χ2n) is 5.39. The standard InChI is InChI=1S/C15H12ClN7OS/c1-22(7-12-14(16)9-4-2-3-5-11(9)25-12)15(24)10-6-13(19-18-10)23-8-17-20-21-23/h2-6,8H,7H2,1H3,(H,18,19). The molecule has 0 unspecified atom stereocenters. The number of tetrazole rings is 1. The molecule has 8 nitrogen and oxygen atoms in total. The number of hydrogen-bond donors (Lipinski definition) is 1. The van der Waals surface area contributed by atoms with Gasteiger partial charge < -0.3 is 4.90 Å². The van der Waals surface area contributed by atoms with Crippen molar-refractivity contribution in [2.24, 2.45) is 0 Å². The van der Waals surface area contributed by atoms with Gasteiger partial charge in [0, 0.05) is 28.1 Å². The number of benzene rings is 1. The largest absolute Gasteiger partial charge is 0.335 e. The summed E-state index contributed by atoms with van der Waals surface area (Å²) in [5, 5.41) is 19.3. The van der Waals surface area contributed by atoms with E-state index in [0.29, 0.717) is 23.1 Å². The fourth-order valence-electron chi connectivity index (χ4n) is 2.46. The minimum atomic E-state index is -0.194. The van der Waals surface area contributed by atoms with Gasteiger partial charge in [-0.15, -0.1) is 16.4 Å². The van der Waals surface area contributed by atoms with E-state index in [9.17, 15) is 4.79 Å². The number of carbonyl (C=O) groups is 1. The molecule has 126 valence electrons. The number of aromatic amines is 1. The SMILES string of the molecule is CN(Cc1sc2ccccc2c1Cl)C(=O)c1cc(-n2cnnn2)n[nH]1. The minimum Gasteiger partial charge on any atom is -0.335 e. The molecule has 0 saturated heterocycles. The minimum absolute atomic E-state index is 0.194. The number of amides is 1. The lowest BCUT2D eigenvalue weighted by Crippen LogP contribution is -2.26. The van der Waals surface area contributed by atoms with Crippen LogP contribution in [0.1, 0.15) is 15.4 Å². The van der Waals surface area contributed by atoms with Crippen LogP contribution in [-0.4, -0.2) is 48.3 Å². The Kier molecular flexibility index (Phi) is 3.94. The van der Waals surface area contributed by atoms with Crippen LogP contribution in [0.15, 0.2) is 36.7 Å². The Labute approximate surface area is 151 Å². The molecule has 0 spiro atoms. The van der Waals surface area contributed by atoms with E-state index in [-0.39, 0.29) is 5.91 Å². The van der Waals surface area contributed by atoms with Crippen LogP contribution in [0.25, 0.3) is 15.9 Å². The molecule has 4 rings (SSSR count). The summed E-state index contributed by atoms with van der Waals surface area (Å²) in [5.74, 6) is 0.252. The molecule has 1 aromatic carbocycles. The Morgan fingerprint density at radius 1 is 1.40 bits per heavy atom. The molecule has 0 saturated carbocycles. The van der Waals surface area contributed by atoms with Crippen molar-refractivity contribution in [2.45, 2.75) is 6.54 Å². The van der Waals surface area contributed by atoms with Crippen LogP contribution in [-0.2, 0) is 6.54 Å². The van der Waals surface area contributed by atoms with Gasteiger partial charge in [-0.2, -0.15) is 9.78 Å². The predicted molar refractivity (Wildman–Crippen MR) is 93.9 cm³/mol. The molecule has 3 aromatic heterocycles. The monoisotopic (exact) mass is 373 g/mol. The number of fused-ring (bicyclic) bond motifs is 1. The first kappa shape index (κ1) is 15.7. The summed E-state index contributed by atoms with van der Waals surface area (Å²) in [6.07, 6.45) is 1.41. The quantitative estimate of drug-likeness (QED) is 0.593. The van der Waals surface area contributed by atoms with Gasteiger partial charge >= 0.3 is 0 Å². The molecule has 25 heavy (non-hydrogen) atoms. The van der Waals surface area contributed by atoms with E-state index < -0.39 is 0 Å². The van der Waals surface area contributed by atoms with Gasteiger partial charge in [0.25, 0.3) is 5.91 Å². The zero-order chi connectivity index (χ0) is 17.4. The zero-order valence-corrected chi connectivity index (χ0v) is 14.6. The Hall–Kier alpha value is -2.78. The topological polar surface area (TPSA) is 92.6 Å². The van der Waals surface area contributed by atoms with Gasteiger partial charge in [0.2, 0.25) is 0 Å². The van der Waals surface area contributed by atoms with Gasteiger partial charge in [-0.25, -0.2) is 0 Å². The highest BCUT2D eigenvalue weighted by Gasteiger charge is 2.19. The third-order valence-electron chi connectivity index (χ3n) is 3.71. The lowest BCUT2D eigenvalue weighted by Gasteiger charge is -2.15. The van der Waals surface area contributed by atoms with Crippen molar-refractivity contribution in [1.82, 2.24) is 35.3 Å². The van der Waals surface area contributed by atoms with E-state index >= 15 is 0 Å². The average Bonchev–Trinajstić information content (AvgIpc) is 3.35. The van der Waals surface area contributed by atoms with E-state index in [1.54, 1.807) is 29.4 Å². The zero-order valence-electron chi connectivity index (χ0n) is 13.0. The van der Waals surface area contributed by atoms with Crippen LogP contribution in [0, 0.1) is 0 Å². The number of H-pyrrole nitrogens is 1. The van der Waals surface area contributed by atoms with Gasteiger partial charge in [-0.3, -0.25) is 9.89 Å². The maximum atomic E-state index is 12.6. The second kappa shape index (κ2) is 6.26. The van der Waals surface area contributed by atoms with Crippen LogP contribution >= 0.6 is 22.9 Å². The van der Waals surface area contributed by atoms with E-state index in [0.717, 1.165) is 15.0 Å². The highest BCUT2D eigenvalue weighted by Crippen LogP contribution is 2.35. The highest BCUT2D eigenvalue weighted by atomic mass is 35.5. The van der Waals surface area contributed by atoms with Crippen molar-refractivity contribution in [2.75, 3.05) is 7.05 Å². The predicted octanol–water partition coefficient (Wildman–Crippen LogP) is 2.53. The van der Waals surface area contributed by atoms with Crippen LogP contribution in [0.4, 0.5) is 0 Å². The van der Waals surface area contributed by atoms with Crippen molar-refractivity contribution < 1.29 is 4.79 Å². The summed E-state index contributed by atoms with van der Waals surface area (Å²) in [6.45, 7) is 0.413. The van der Waals surface area contributed by atoms with Gasteiger partial charge in [-0.1, -0.05) is 29.8 Å². The number of halogens is 1. The number of nitrogens with zero attached hydrogens (tertiary/aromatic N) is 6. The third-order valence-corrected chi connectivity index (χ3v) is 5.41. The van der Waals surface area contributed by atoms with Crippen LogP contribution in [0.3, 0.4) is 0 Å². The Morgan fingerprint density at radius 2 is 2.24 bits per heavy atom. The molecule has 0 bridgehead atoms. The number of nitrogens with one attached hydrogen (secondary N) is 1. The first-order valence-corrected chi connectivity index (χ1v) is 8.53. The average molecular weight is 374 g/mol. The number of rotatable bonds is 4. The fraction of sp³-hybridized carbons (Fsp3) is 0.133. The van der Waals surface area contributed by atoms with Crippen molar-refractivity contribution >= 4 is 38.9 Å². The molecule has 0 radical (unpaired) electrons. The third kappa shape index (κ3) is 2.87. The molecule has 0 aliphatic rings. The molecule has 1 N–H and O–H groups in total. The number of carbonyl (C=O) groups excluding carboxylic acids is 1. The molecule has 4 aromatic rings. The van der Waals surface area contributed by atoms with Crippen molar-refractivity contribution in [1.29, 1.82) is 0 Å². The summed E-state index contributed by atoms with van der Waals surface area (Å²) in [4.78, 5) is 15.1. The van der Waals surface area contributed by atoms with Crippen LogP contribution in [0.5, 0.6) is 0 Å². The highest BCUT2D eigenvalue weighted by molar-refractivity contribution is 7.19. The molecular formula is C15H12ClN7OS. The van der Waals surface area contributed by atoms with E-state index in [2.05, 4.69) is 25.7 Å². The van der Waals surface area contributed by atoms with E-state index in [1.807, 2.05) is 24.3 Å². The van der Waals surface area contributed by atoms with Crippen molar-refractivity contribution in [3.63, 3.8) is 0 Å². The Balaban J connectivity index is 1.55. The van der Waals surface area contributed by atoms with Gasteiger partial charge in [0.1, 0.15) is 12.0 Å². The molecule has 0 aliphatic heterocycles. The molecular weight excluding hydrogens is 362 g/mol. The maximum Gasteiger partial charge on any atom is 0.272 e. The van der Waals surface area contributed by atoms with E-state index in [1.165, 1.54) is 11.0 Å². The smallest absolute Gasteiger partial charge is 0.272 e. The van der Waals surface area contributed by atoms with Gasteiger partial charge in [0.05, 0.1) is 11.6 Å². The summed E-state index contributed by atoms with van der Waals surface area (Å²) in [5.41, 5.74) is 0.352. The molecule has 10 heteroatoms. The first-order chi connectivity index (χ1) is 12.1. The van der Waals surface area contributed by atoms with Crippen LogP contribution in [0.2, 0.25) is 5.02 Å². The van der Waals surface area contributed by atoms with Gasteiger partial charge in [-0.05, 0) is 16.5 Å². The first-order valence-electron chi connectivity index (χ1n) is 7.33. The summed E-state index contributed by atoms with van der Waals surface area (Å²) in [6, 6.07) is 9.52. The summed E-state index contributed by atoms with van der Waals surface area (Å²) in [7, 11) is 1.72. The number of thiophene rings is 1. The molecule has 0 fully saturated rings. The fourth-order valence-corrected chi connectivity index (χ4v) is 4.01. The summed E-state index contributed by atoms with van der Waals surface area (Å²) >= 11 is 8.04. The number of hydrogen-bond acceptors (Lipinski definition) is 6. The molecule has 1 amide bonds. The van der Waals surface area contributed by atoms with Crippen molar-refractivity contribution in [3.05, 3.63) is 52.3 Å². The van der Waals surface area contributed by atoms with E-state index in [4.69, 9.17) is 11.6 Å². The number of aromatic nitrogens is 6. The maximum absolute atomic E-state index is 12.6. The Morgan fingerprint density at radius 3 is 3.00 bits per heavy atom. The summed E-state index contributed by atoms with van der Waals surface area (Å²) < 4.78 is 2.47. The lowest BCUT2D eigenvalue weighted by atomic mass is 10.2. The molecule has 0 atom stereocenters. The van der Waals surface area contributed by atoms with Gasteiger partial charge in [0.15, 0.2) is 5.82 Å². The lowest BCUT2D eigenvalue weighted by molar-refractivity contribution is 0.0780. The molecule has 3 heterocycles.